The van der Waals surface area contributed by atoms with Gasteiger partial charge in [-0.1, -0.05) is 0 Å². The van der Waals surface area contributed by atoms with Gasteiger partial charge >= 0.3 is 5.97 Å². The molecule has 2 aromatic rings. The second-order valence-corrected chi connectivity index (χ2v) is 4.32. The number of carboxylic acid groups (broad SMARTS) is 1. The van der Waals surface area contributed by atoms with Crippen LogP contribution >= 0.6 is 0 Å². The van der Waals surface area contributed by atoms with Gasteiger partial charge in [-0.3, -0.25) is 4.68 Å². The van der Waals surface area contributed by atoms with Crippen molar-refractivity contribution < 1.29 is 9.90 Å². The van der Waals surface area contributed by atoms with Crippen molar-refractivity contribution in [3.8, 4) is 11.3 Å². The number of aryl methyl sites for hydroxylation is 1. The van der Waals surface area contributed by atoms with E-state index in [0.29, 0.717) is 0 Å². The Morgan fingerprint density at radius 2 is 2.18 bits per heavy atom. The van der Waals surface area contributed by atoms with Gasteiger partial charge in [-0.15, -0.1) is 0 Å². The number of carbonyl (C=O) groups is 1. The summed E-state index contributed by atoms with van der Waals surface area (Å²) in [6, 6.07) is 3.68. The molecule has 0 amide bonds. The molecule has 90 valence electrons. The molecule has 2 aromatic heterocycles. The summed E-state index contributed by atoms with van der Waals surface area (Å²) in [5.41, 5.74) is 1.89. The molecule has 0 aliphatic rings. The van der Waals surface area contributed by atoms with Crippen molar-refractivity contribution in [1.29, 1.82) is 0 Å². The summed E-state index contributed by atoms with van der Waals surface area (Å²) >= 11 is 0. The lowest BCUT2D eigenvalue weighted by atomic mass is 10.2. The highest BCUT2D eigenvalue weighted by Gasteiger charge is 2.16. The Balaban J connectivity index is 2.55. The Morgan fingerprint density at radius 1 is 1.47 bits per heavy atom. The Hall–Kier alpha value is -2.04. The third kappa shape index (κ3) is 2.08. The van der Waals surface area contributed by atoms with Crippen LogP contribution in [0.5, 0.6) is 0 Å². The predicted molar refractivity (Wildman–Crippen MR) is 64.0 cm³/mol. The van der Waals surface area contributed by atoms with Crippen molar-refractivity contribution in [2.24, 2.45) is 7.05 Å². The molecule has 0 aliphatic carbocycles. The van der Waals surface area contributed by atoms with E-state index in [4.69, 9.17) is 5.11 Å². The molecule has 0 unspecified atom stereocenters. The van der Waals surface area contributed by atoms with Gasteiger partial charge in [0.05, 0.1) is 5.69 Å². The Labute approximate surface area is 99.3 Å². The molecular formula is C12H15N3O2. The van der Waals surface area contributed by atoms with Crippen LogP contribution in [0.25, 0.3) is 11.3 Å². The molecule has 0 atom stereocenters. The van der Waals surface area contributed by atoms with E-state index in [-0.39, 0.29) is 11.7 Å². The van der Waals surface area contributed by atoms with Crippen LogP contribution in [-0.4, -0.2) is 25.4 Å². The highest BCUT2D eigenvalue weighted by atomic mass is 16.4. The molecule has 2 heterocycles. The van der Waals surface area contributed by atoms with Gasteiger partial charge in [0.15, 0.2) is 5.69 Å². The molecule has 5 nitrogen and oxygen atoms in total. The van der Waals surface area contributed by atoms with Crippen molar-refractivity contribution in [2.75, 3.05) is 0 Å². The molecule has 17 heavy (non-hydrogen) atoms. The molecule has 0 aromatic carbocycles. The van der Waals surface area contributed by atoms with Crippen molar-refractivity contribution in [1.82, 2.24) is 14.3 Å². The molecule has 0 spiro atoms. The minimum absolute atomic E-state index is 0.0811. The van der Waals surface area contributed by atoms with E-state index in [9.17, 15) is 4.79 Å². The predicted octanol–water partition coefficient (Wildman–Crippen LogP) is 2.17. The van der Waals surface area contributed by atoms with Crippen LogP contribution in [0, 0.1) is 0 Å². The molecule has 0 saturated heterocycles. The van der Waals surface area contributed by atoms with Crippen LogP contribution < -0.4 is 0 Å². The van der Waals surface area contributed by atoms with Gasteiger partial charge in [0.25, 0.3) is 0 Å². The van der Waals surface area contributed by atoms with Crippen molar-refractivity contribution in [2.45, 2.75) is 19.9 Å². The Kier molecular flexibility index (Phi) is 2.75. The number of rotatable bonds is 3. The topological polar surface area (TPSA) is 60.1 Å². The molecule has 0 fully saturated rings. The van der Waals surface area contributed by atoms with E-state index in [1.807, 2.05) is 43.9 Å². The summed E-state index contributed by atoms with van der Waals surface area (Å²) in [5, 5.41) is 13.1. The number of nitrogens with zero attached hydrogens (tertiary/aromatic N) is 3. The van der Waals surface area contributed by atoms with Crippen LogP contribution in [0.1, 0.15) is 30.4 Å². The number of carboxylic acids is 1. The van der Waals surface area contributed by atoms with Gasteiger partial charge in [-0.05, 0) is 26.0 Å². The molecule has 0 bridgehead atoms. The third-order valence-electron chi connectivity index (χ3n) is 2.57. The number of aromatic carboxylic acids is 1. The molecule has 2 rings (SSSR count). The average Bonchev–Trinajstić information content (AvgIpc) is 2.82. The van der Waals surface area contributed by atoms with Crippen LogP contribution in [0.2, 0.25) is 0 Å². The maximum absolute atomic E-state index is 10.9. The second kappa shape index (κ2) is 4.08. The lowest BCUT2D eigenvalue weighted by Crippen LogP contribution is -2.06. The minimum atomic E-state index is -0.999. The first-order valence-corrected chi connectivity index (χ1v) is 5.44. The molecule has 0 saturated carbocycles. The standard InChI is InChI=1S/C12H15N3O2/c1-8(2)15-11(6-10(13-15)12(16)17)9-4-5-14(3)7-9/h4-8H,1-3H3,(H,16,17). The van der Waals surface area contributed by atoms with Crippen molar-refractivity contribution in [3.05, 3.63) is 30.2 Å². The highest BCUT2D eigenvalue weighted by Crippen LogP contribution is 2.23. The average molecular weight is 233 g/mol. The zero-order chi connectivity index (χ0) is 12.6. The smallest absolute Gasteiger partial charge is 0.356 e. The quantitative estimate of drug-likeness (QED) is 0.883. The third-order valence-corrected chi connectivity index (χ3v) is 2.57. The maximum atomic E-state index is 10.9. The zero-order valence-electron chi connectivity index (χ0n) is 10.1. The summed E-state index contributed by atoms with van der Waals surface area (Å²) in [6.45, 7) is 3.95. The van der Waals surface area contributed by atoms with Gasteiger partial charge in [0.1, 0.15) is 0 Å². The summed E-state index contributed by atoms with van der Waals surface area (Å²) in [5.74, 6) is -0.999. The minimum Gasteiger partial charge on any atom is -0.476 e. The Bertz CT molecular complexity index is 552. The van der Waals surface area contributed by atoms with E-state index in [0.717, 1.165) is 11.3 Å². The molecule has 0 aliphatic heterocycles. The molecule has 1 N–H and O–H groups in total. The molecule has 5 heteroatoms. The SMILES string of the molecule is CC(C)n1nc(C(=O)O)cc1-c1ccn(C)c1. The van der Waals surface area contributed by atoms with Crippen molar-refractivity contribution >= 4 is 5.97 Å². The molecule has 0 radical (unpaired) electrons. The van der Waals surface area contributed by atoms with Crippen LogP contribution in [0.3, 0.4) is 0 Å². The van der Waals surface area contributed by atoms with E-state index in [1.165, 1.54) is 0 Å². The number of aromatic nitrogens is 3. The highest BCUT2D eigenvalue weighted by molar-refractivity contribution is 5.87. The fourth-order valence-electron chi connectivity index (χ4n) is 1.76. The van der Waals surface area contributed by atoms with E-state index >= 15 is 0 Å². The summed E-state index contributed by atoms with van der Waals surface area (Å²) in [4.78, 5) is 10.9. The lowest BCUT2D eigenvalue weighted by molar-refractivity contribution is 0.0689. The summed E-state index contributed by atoms with van der Waals surface area (Å²) in [7, 11) is 1.93. The number of hydrogen-bond donors (Lipinski definition) is 1. The zero-order valence-corrected chi connectivity index (χ0v) is 10.1. The van der Waals surface area contributed by atoms with Gasteiger partial charge in [0, 0.05) is 31.0 Å². The van der Waals surface area contributed by atoms with E-state index < -0.39 is 5.97 Å². The molecular weight excluding hydrogens is 218 g/mol. The first kappa shape index (κ1) is 11.4. The van der Waals surface area contributed by atoms with Crippen LogP contribution in [-0.2, 0) is 7.05 Å². The second-order valence-electron chi connectivity index (χ2n) is 4.32. The fraction of sp³-hybridized carbons (Fsp3) is 0.333. The van der Waals surface area contributed by atoms with Gasteiger partial charge in [-0.2, -0.15) is 5.10 Å². The largest absolute Gasteiger partial charge is 0.476 e. The maximum Gasteiger partial charge on any atom is 0.356 e. The number of hydrogen-bond acceptors (Lipinski definition) is 2. The monoisotopic (exact) mass is 233 g/mol. The summed E-state index contributed by atoms with van der Waals surface area (Å²) in [6.07, 6.45) is 3.87. The van der Waals surface area contributed by atoms with E-state index in [2.05, 4.69) is 5.10 Å². The van der Waals surface area contributed by atoms with Gasteiger partial charge < -0.3 is 9.67 Å². The Morgan fingerprint density at radius 3 is 2.65 bits per heavy atom. The fourth-order valence-corrected chi connectivity index (χ4v) is 1.76. The van der Waals surface area contributed by atoms with Crippen LogP contribution in [0.15, 0.2) is 24.5 Å². The van der Waals surface area contributed by atoms with Crippen molar-refractivity contribution in [3.63, 3.8) is 0 Å². The van der Waals surface area contributed by atoms with Gasteiger partial charge in [-0.25, -0.2) is 4.79 Å². The first-order chi connectivity index (χ1) is 7.99. The summed E-state index contributed by atoms with van der Waals surface area (Å²) < 4.78 is 3.66. The van der Waals surface area contributed by atoms with Crippen LogP contribution in [0.4, 0.5) is 0 Å². The van der Waals surface area contributed by atoms with E-state index in [1.54, 1.807) is 10.7 Å². The normalized spacial score (nSPS) is 11.1. The lowest BCUT2D eigenvalue weighted by Gasteiger charge is -2.09. The van der Waals surface area contributed by atoms with Gasteiger partial charge in [0.2, 0.25) is 0 Å². The first-order valence-electron chi connectivity index (χ1n) is 5.44.